The largest absolute Gasteiger partial charge is 0.490 e. The van der Waals surface area contributed by atoms with E-state index in [1.807, 2.05) is 0 Å². The molecule has 2 nitrogen and oxygen atoms in total. The van der Waals surface area contributed by atoms with Crippen molar-refractivity contribution in [2.24, 2.45) is 5.73 Å². The number of aryl methyl sites for hydroxylation is 1. The number of fused-ring (bicyclic) bond motifs is 1. The van der Waals surface area contributed by atoms with E-state index in [1.54, 1.807) is 11.3 Å². The normalized spacial score (nSPS) is 19.0. The fourth-order valence-electron chi connectivity index (χ4n) is 2.70. The van der Waals surface area contributed by atoms with Crippen LogP contribution in [0.5, 0.6) is 5.75 Å². The number of ether oxygens (including phenoxy) is 1. The van der Waals surface area contributed by atoms with Crippen LogP contribution < -0.4 is 10.5 Å². The van der Waals surface area contributed by atoms with Gasteiger partial charge in [-0.15, -0.1) is 11.3 Å². The molecule has 0 saturated heterocycles. The van der Waals surface area contributed by atoms with Gasteiger partial charge >= 0.3 is 0 Å². The van der Waals surface area contributed by atoms with E-state index in [-0.39, 0.29) is 12.1 Å². The highest BCUT2D eigenvalue weighted by atomic mass is 32.1. The van der Waals surface area contributed by atoms with Crippen molar-refractivity contribution in [2.45, 2.75) is 38.8 Å². The van der Waals surface area contributed by atoms with Gasteiger partial charge in [0, 0.05) is 11.3 Å². The average Bonchev–Trinajstić information content (AvgIpc) is 3.01. The maximum absolute atomic E-state index is 6.44. The van der Waals surface area contributed by atoms with E-state index in [9.17, 15) is 0 Å². The van der Waals surface area contributed by atoms with Crippen molar-refractivity contribution < 1.29 is 4.74 Å². The van der Waals surface area contributed by atoms with Gasteiger partial charge in [-0.1, -0.05) is 19.1 Å². The summed E-state index contributed by atoms with van der Waals surface area (Å²) in [7, 11) is 0. The zero-order chi connectivity index (χ0) is 13.4. The Labute approximate surface area is 118 Å². The van der Waals surface area contributed by atoms with E-state index in [0.717, 1.165) is 18.6 Å². The van der Waals surface area contributed by atoms with Crippen LogP contribution in [0.15, 0.2) is 29.6 Å². The summed E-state index contributed by atoms with van der Waals surface area (Å²) in [6.45, 7) is 4.28. The highest BCUT2D eigenvalue weighted by Gasteiger charge is 2.21. The highest BCUT2D eigenvalue weighted by molar-refractivity contribution is 7.10. The van der Waals surface area contributed by atoms with Crippen LogP contribution in [-0.4, -0.2) is 6.10 Å². The van der Waals surface area contributed by atoms with E-state index in [2.05, 4.69) is 43.5 Å². The van der Waals surface area contributed by atoms with Crippen LogP contribution in [0, 0.1) is 0 Å². The van der Waals surface area contributed by atoms with Crippen molar-refractivity contribution >= 4 is 11.3 Å². The number of hydrogen-bond donors (Lipinski definition) is 1. The van der Waals surface area contributed by atoms with Crippen LogP contribution >= 0.6 is 11.3 Å². The molecule has 2 unspecified atom stereocenters. The molecule has 1 aromatic carbocycles. The van der Waals surface area contributed by atoms with Crippen LogP contribution in [0.2, 0.25) is 0 Å². The smallest absolute Gasteiger partial charge is 0.123 e. The lowest BCUT2D eigenvalue weighted by Gasteiger charge is -2.13. The first-order chi connectivity index (χ1) is 9.19. The van der Waals surface area contributed by atoms with Gasteiger partial charge in [0.1, 0.15) is 11.9 Å². The first-order valence-electron chi connectivity index (χ1n) is 6.80. The third-order valence-electron chi connectivity index (χ3n) is 3.72. The van der Waals surface area contributed by atoms with E-state index >= 15 is 0 Å². The molecule has 0 aliphatic carbocycles. The van der Waals surface area contributed by atoms with E-state index in [4.69, 9.17) is 10.5 Å². The minimum Gasteiger partial charge on any atom is -0.490 e. The number of nitrogens with two attached hydrogens (primary N) is 1. The molecule has 2 aromatic rings. The van der Waals surface area contributed by atoms with Gasteiger partial charge in [-0.2, -0.15) is 0 Å². The molecule has 0 amide bonds. The molecule has 0 bridgehead atoms. The predicted octanol–water partition coefficient (Wildman–Crippen LogP) is 3.68. The summed E-state index contributed by atoms with van der Waals surface area (Å²) in [5, 5.41) is 2.13. The molecule has 2 N–H and O–H groups in total. The minimum atomic E-state index is -0.0174. The van der Waals surface area contributed by atoms with Crippen LogP contribution in [0.25, 0.3) is 0 Å². The number of rotatable bonds is 3. The molecule has 19 heavy (non-hydrogen) atoms. The van der Waals surface area contributed by atoms with Crippen molar-refractivity contribution in [3.05, 3.63) is 51.2 Å². The molecule has 0 fully saturated rings. The standard InChI is InChI=1S/C16H19NOS/c1-3-11-6-7-19-16(11)15(17)12-4-5-14-13(9-12)8-10(2)18-14/h4-7,9-10,15H,3,8,17H2,1-2H3. The van der Waals surface area contributed by atoms with Gasteiger partial charge < -0.3 is 10.5 Å². The van der Waals surface area contributed by atoms with Crippen molar-refractivity contribution in [3.63, 3.8) is 0 Å². The van der Waals surface area contributed by atoms with Gasteiger partial charge in [-0.3, -0.25) is 0 Å². The monoisotopic (exact) mass is 273 g/mol. The topological polar surface area (TPSA) is 35.2 Å². The summed E-state index contributed by atoms with van der Waals surface area (Å²) in [4.78, 5) is 1.29. The van der Waals surface area contributed by atoms with Gasteiger partial charge in [0.2, 0.25) is 0 Å². The van der Waals surface area contributed by atoms with Crippen molar-refractivity contribution in [1.82, 2.24) is 0 Å². The van der Waals surface area contributed by atoms with Crippen LogP contribution in [0.1, 0.15) is 41.5 Å². The fraction of sp³-hybridized carbons (Fsp3) is 0.375. The van der Waals surface area contributed by atoms with Gasteiger partial charge in [-0.25, -0.2) is 0 Å². The van der Waals surface area contributed by atoms with Crippen LogP contribution in [0.3, 0.4) is 0 Å². The Kier molecular flexibility index (Phi) is 3.33. The van der Waals surface area contributed by atoms with E-state index in [0.29, 0.717) is 0 Å². The Hall–Kier alpha value is -1.32. The Morgan fingerprint density at radius 3 is 3.05 bits per heavy atom. The van der Waals surface area contributed by atoms with Crippen molar-refractivity contribution in [1.29, 1.82) is 0 Å². The molecule has 3 rings (SSSR count). The summed E-state index contributed by atoms with van der Waals surface area (Å²) in [5.41, 5.74) is 10.3. The second kappa shape index (κ2) is 4.99. The molecule has 100 valence electrons. The molecular formula is C16H19NOS. The lowest BCUT2D eigenvalue weighted by atomic mass is 9.99. The highest BCUT2D eigenvalue weighted by Crippen LogP contribution is 2.34. The SMILES string of the molecule is CCc1ccsc1C(N)c1ccc2c(c1)CC(C)O2. The van der Waals surface area contributed by atoms with Gasteiger partial charge in [-0.05, 0) is 47.5 Å². The molecular weight excluding hydrogens is 254 g/mol. The molecule has 2 heterocycles. The zero-order valence-electron chi connectivity index (χ0n) is 11.3. The first-order valence-corrected chi connectivity index (χ1v) is 7.68. The van der Waals surface area contributed by atoms with E-state index in [1.165, 1.54) is 21.6 Å². The summed E-state index contributed by atoms with van der Waals surface area (Å²) >= 11 is 1.75. The van der Waals surface area contributed by atoms with E-state index < -0.39 is 0 Å². The molecule has 1 aliphatic heterocycles. The number of benzene rings is 1. The van der Waals surface area contributed by atoms with Crippen LogP contribution in [-0.2, 0) is 12.8 Å². The average molecular weight is 273 g/mol. The predicted molar refractivity (Wildman–Crippen MR) is 80.0 cm³/mol. The third kappa shape index (κ3) is 2.28. The van der Waals surface area contributed by atoms with Crippen LogP contribution in [0.4, 0.5) is 0 Å². The first kappa shape index (κ1) is 12.7. The Bertz CT molecular complexity index is 590. The van der Waals surface area contributed by atoms with Gasteiger partial charge in [0.15, 0.2) is 0 Å². The summed E-state index contributed by atoms with van der Waals surface area (Å²) in [5.74, 6) is 1.02. The quantitative estimate of drug-likeness (QED) is 0.926. The summed E-state index contributed by atoms with van der Waals surface area (Å²) in [6.07, 6.45) is 2.31. The maximum Gasteiger partial charge on any atom is 0.123 e. The molecule has 2 atom stereocenters. The molecule has 0 saturated carbocycles. The second-order valence-corrected chi connectivity index (χ2v) is 6.09. The molecule has 1 aromatic heterocycles. The minimum absolute atomic E-state index is 0.0174. The maximum atomic E-state index is 6.44. The lowest BCUT2D eigenvalue weighted by Crippen LogP contribution is -2.12. The zero-order valence-corrected chi connectivity index (χ0v) is 12.2. The molecule has 0 radical (unpaired) electrons. The van der Waals surface area contributed by atoms with Crippen molar-refractivity contribution in [2.75, 3.05) is 0 Å². The Morgan fingerprint density at radius 1 is 1.42 bits per heavy atom. The third-order valence-corrected chi connectivity index (χ3v) is 4.77. The number of thiophene rings is 1. The van der Waals surface area contributed by atoms with Gasteiger partial charge in [0.25, 0.3) is 0 Å². The van der Waals surface area contributed by atoms with Crippen molar-refractivity contribution in [3.8, 4) is 5.75 Å². The Morgan fingerprint density at radius 2 is 2.26 bits per heavy atom. The summed E-state index contributed by atoms with van der Waals surface area (Å²) < 4.78 is 5.74. The second-order valence-electron chi connectivity index (χ2n) is 5.14. The molecule has 0 spiro atoms. The molecule has 3 heteroatoms. The Balaban J connectivity index is 1.93. The van der Waals surface area contributed by atoms with Gasteiger partial charge in [0.05, 0.1) is 6.04 Å². The lowest BCUT2D eigenvalue weighted by molar-refractivity contribution is 0.254. The number of hydrogen-bond acceptors (Lipinski definition) is 3. The summed E-state index contributed by atoms with van der Waals surface area (Å²) in [6, 6.07) is 8.53. The fourth-order valence-corrected chi connectivity index (χ4v) is 3.72. The molecule has 1 aliphatic rings.